The molecule has 0 aliphatic carbocycles. The lowest BCUT2D eigenvalue weighted by atomic mass is 9.88. The number of benzene rings is 1. The zero-order valence-corrected chi connectivity index (χ0v) is 11.4. The number of aryl methyl sites for hydroxylation is 1. The Morgan fingerprint density at radius 2 is 1.89 bits per heavy atom. The number of hydrogen-bond donors (Lipinski definition) is 2. The predicted octanol–water partition coefficient (Wildman–Crippen LogP) is 3.83. The van der Waals surface area contributed by atoms with Crippen LogP contribution in [-0.2, 0) is 6.18 Å². The van der Waals surface area contributed by atoms with Crippen LogP contribution in [0.15, 0.2) is 18.2 Å². The van der Waals surface area contributed by atoms with Crippen LogP contribution >= 0.6 is 0 Å². The Hall–Kier alpha value is -1.23. The van der Waals surface area contributed by atoms with E-state index >= 15 is 0 Å². The minimum absolute atomic E-state index is 0.00545. The summed E-state index contributed by atoms with van der Waals surface area (Å²) in [6.07, 6.45) is -3.59. The summed E-state index contributed by atoms with van der Waals surface area (Å²) in [4.78, 5) is 0. The Kier molecular flexibility index (Phi) is 4.85. The molecule has 0 amide bonds. The molecule has 0 bridgehead atoms. The second-order valence-corrected chi connectivity index (χ2v) is 5.20. The monoisotopic (exact) mass is 275 g/mol. The largest absolute Gasteiger partial charge is 0.416 e. The normalized spacial score (nSPS) is 15.1. The van der Waals surface area contributed by atoms with E-state index in [2.05, 4.69) is 5.32 Å². The average molecular weight is 275 g/mol. The molecule has 1 unspecified atom stereocenters. The number of nitrogens with one attached hydrogen (secondary N) is 1. The highest BCUT2D eigenvalue weighted by molar-refractivity contribution is 5.53. The van der Waals surface area contributed by atoms with Crippen LogP contribution in [0.4, 0.5) is 18.9 Å². The summed E-state index contributed by atoms with van der Waals surface area (Å²) in [5, 5.41) is 12.3. The summed E-state index contributed by atoms with van der Waals surface area (Å²) in [7, 11) is 0. The lowest BCUT2D eigenvalue weighted by Gasteiger charge is -2.27. The number of halogens is 3. The molecule has 0 saturated heterocycles. The highest BCUT2D eigenvalue weighted by atomic mass is 19.4. The number of aliphatic hydroxyl groups excluding tert-OH is 1. The van der Waals surface area contributed by atoms with Crippen molar-refractivity contribution < 1.29 is 18.3 Å². The van der Waals surface area contributed by atoms with Gasteiger partial charge in [0.1, 0.15) is 0 Å². The quantitative estimate of drug-likeness (QED) is 0.856. The third kappa shape index (κ3) is 4.13. The van der Waals surface area contributed by atoms with Crippen molar-refractivity contribution in [2.24, 2.45) is 5.41 Å². The molecule has 0 aromatic heterocycles. The van der Waals surface area contributed by atoms with Gasteiger partial charge in [-0.2, -0.15) is 13.2 Å². The van der Waals surface area contributed by atoms with Crippen LogP contribution in [0.5, 0.6) is 0 Å². The zero-order valence-electron chi connectivity index (χ0n) is 11.4. The second kappa shape index (κ2) is 5.82. The van der Waals surface area contributed by atoms with Crippen molar-refractivity contribution in [3.8, 4) is 0 Å². The second-order valence-electron chi connectivity index (χ2n) is 5.20. The zero-order chi connectivity index (χ0) is 14.7. The molecule has 0 aliphatic heterocycles. The SMILES string of the molecule is CCC(C)(CO)CNc1cc(C(F)(F)F)ccc1C. The third-order valence-electron chi connectivity index (χ3n) is 3.51. The minimum atomic E-state index is -4.34. The maximum atomic E-state index is 12.6. The molecule has 0 saturated carbocycles. The van der Waals surface area contributed by atoms with Crippen molar-refractivity contribution >= 4 is 5.69 Å². The van der Waals surface area contributed by atoms with Crippen LogP contribution in [-0.4, -0.2) is 18.3 Å². The first-order valence-corrected chi connectivity index (χ1v) is 6.24. The van der Waals surface area contributed by atoms with Crippen LogP contribution in [0.25, 0.3) is 0 Å². The van der Waals surface area contributed by atoms with E-state index < -0.39 is 11.7 Å². The fourth-order valence-electron chi connectivity index (χ4n) is 1.59. The molecule has 19 heavy (non-hydrogen) atoms. The van der Waals surface area contributed by atoms with Gasteiger partial charge in [-0.25, -0.2) is 0 Å². The van der Waals surface area contributed by atoms with E-state index in [1.807, 2.05) is 13.8 Å². The summed E-state index contributed by atoms with van der Waals surface area (Å²) in [5.74, 6) is 0. The molecule has 1 atom stereocenters. The summed E-state index contributed by atoms with van der Waals surface area (Å²) >= 11 is 0. The molecule has 0 aliphatic rings. The minimum Gasteiger partial charge on any atom is -0.396 e. The average Bonchev–Trinajstić information content (AvgIpc) is 2.36. The molecule has 1 aromatic carbocycles. The highest BCUT2D eigenvalue weighted by Crippen LogP contribution is 2.32. The van der Waals surface area contributed by atoms with Gasteiger partial charge in [0.25, 0.3) is 0 Å². The number of anilines is 1. The van der Waals surface area contributed by atoms with Gasteiger partial charge in [0.05, 0.1) is 12.2 Å². The predicted molar refractivity (Wildman–Crippen MR) is 70.2 cm³/mol. The summed E-state index contributed by atoms with van der Waals surface area (Å²) in [5.41, 5.74) is 0.218. The molecule has 5 heteroatoms. The Morgan fingerprint density at radius 1 is 1.26 bits per heavy atom. The van der Waals surface area contributed by atoms with Crippen molar-refractivity contribution in [3.63, 3.8) is 0 Å². The number of hydrogen-bond acceptors (Lipinski definition) is 2. The Balaban J connectivity index is 2.89. The van der Waals surface area contributed by atoms with Crippen LogP contribution < -0.4 is 5.32 Å². The fourth-order valence-corrected chi connectivity index (χ4v) is 1.59. The molecular weight excluding hydrogens is 255 g/mol. The topological polar surface area (TPSA) is 32.3 Å². The summed E-state index contributed by atoms with van der Waals surface area (Å²) < 4.78 is 37.9. The van der Waals surface area contributed by atoms with E-state index in [1.165, 1.54) is 6.07 Å². The van der Waals surface area contributed by atoms with E-state index in [-0.39, 0.29) is 12.0 Å². The maximum absolute atomic E-state index is 12.6. The fraction of sp³-hybridized carbons (Fsp3) is 0.571. The standard InChI is InChI=1S/C14H20F3NO/c1-4-13(3,9-19)8-18-12-7-11(14(15,16)17)6-5-10(12)2/h5-7,18-19H,4,8-9H2,1-3H3. The van der Waals surface area contributed by atoms with Gasteiger partial charge in [-0.3, -0.25) is 0 Å². The lowest BCUT2D eigenvalue weighted by Crippen LogP contribution is -2.29. The van der Waals surface area contributed by atoms with Crippen molar-refractivity contribution in [2.75, 3.05) is 18.5 Å². The molecular formula is C14H20F3NO. The molecule has 1 rings (SSSR count). The molecule has 108 valence electrons. The van der Waals surface area contributed by atoms with Crippen LogP contribution in [0.2, 0.25) is 0 Å². The van der Waals surface area contributed by atoms with Gasteiger partial charge in [0.15, 0.2) is 0 Å². The van der Waals surface area contributed by atoms with Gasteiger partial charge < -0.3 is 10.4 Å². The van der Waals surface area contributed by atoms with E-state index in [0.29, 0.717) is 12.2 Å². The first kappa shape index (κ1) is 15.8. The lowest BCUT2D eigenvalue weighted by molar-refractivity contribution is -0.137. The maximum Gasteiger partial charge on any atom is 0.416 e. The van der Waals surface area contributed by atoms with E-state index in [0.717, 1.165) is 24.1 Å². The molecule has 2 N–H and O–H groups in total. The third-order valence-corrected chi connectivity index (χ3v) is 3.51. The Labute approximate surface area is 111 Å². The number of rotatable bonds is 5. The van der Waals surface area contributed by atoms with Crippen LogP contribution in [0.1, 0.15) is 31.4 Å². The van der Waals surface area contributed by atoms with Gasteiger partial charge >= 0.3 is 6.18 Å². The van der Waals surface area contributed by atoms with Crippen LogP contribution in [0.3, 0.4) is 0 Å². The number of alkyl halides is 3. The Bertz CT molecular complexity index is 425. The first-order valence-electron chi connectivity index (χ1n) is 6.24. The van der Waals surface area contributed by atoms with Crippen molar-refractivity contribution in [1.82, 2.24) is 0 Å². The van der Waals surface area contributed by atoms with E-state index in [4.69, 9.17) is 0 Å². The van der Waals surface area contributed by atoms with Crippen molar-refractivity contribution in [1.29, 1.82) is 0 Å². The molecule has 0 fully saturated rings. The molecule has 2 nitrogen and oxygen atoms in total. The van der Waals surface area contributed by atoms with Gasteiger partial charge in [-0.15, -0.1) is 0 Å². The molecule has 0 radical (unpaired) electrons. The van der Waals surface area contributed by atoms with Crippen molar-refractivity contribution in [2.45, 2.75) is 33.4 Å². The van der Waals surface area contributed by atoms with Gasteiger partial charge in [-0.1, -0.05) is 19.9 Å². The van der Waals surface area contributed by atoms with E-state index in [1.54, 1.807) is 6.92 Å². The molecule has 1 aromatic rings. The van der Waals surface area contributed by atoms with E-state index in [9.17, 15) is 18.3 Å². The molecule has 0 heterocycles. The Morgan fingerprint density at radius 3 is 2.37 bits per heavy atom. The highest BCUT2D eigenvalue weighted by Gasteiger charge is 2.31. The van der Waals surface area contributed by atoms with Gasteiger partial charge in [0.2, 0.25) is 0 Å². The van der Waals surface area contributed by atoms with Crippen molar-refractivity contribution in [3.05, 3.63) is 29.3 Å². The molecule has 0 spiro atoms. The smallest absolute Gasteiger partial charge is 0.396 e. The van der Waals surface area contributed by atoms with Gasteiger partial charge in [-0.05, 0) is 31.0 Å². The first-order chi connectivity index (χ1) is 8.72. The summed E-state index contributed by atoms with van der Waals surface area (Å²) in [6, 6.07) is 3.64. The van der Waals surface area contributed by atoms with Crippen LogP contribution in [0, 0.1) is 12.3 Å². The number of aliphatic hydroxyl groups is 1. The van der Waals surface area contributed by atoms with Gasteiger partial charge in [0, 0.05) is 17.6 Å². The summed E-state index contributed by atoms with van der Waals surface area (Å²) in [6.45, 7) is 6.02.